The fourth-order valence-electron chi connectivity index (χ4n) is 3.39. The second-order valence-corrected chi connectivity index (χ2v) is 6.76. The van der Waals surface area contributed by atoms with Gasteiger partial charge in [-0.2, -0.15) is 4.98 Å². The summed E-state index contributed by atoms with van der Waals surface area (Å²) in [6.07, 6.45) is 0.131. The van der Waals surface area contributed by atoms with Crippen molar-refractivity contribution in [2.75, 3.05) is 23.9 Å². The number of carbonyl (C=O) groups excluding carboxylic acids is 2. The molecule has 29 heavy (non-hydrogen) atoms. The molecule has 1 aliphatic heterocycles. The summed E-state index contributed by atoms with van der Waals surface area (Å²) < 4.78 is 10.6. The molecule has 1 aliphatic rings. The Bertz CT molecular complexity index is 1060. The molecule has 4 rings (SSSR count). The quantitative estimate of drug-likeness (QED) is 0.717. The average Bonchev–Trinajstić information content (AvgIpc) is 3.34. The SMILES string of the molecule is COc1ccccc1N1CC(C(=O)Nc2ccccc2-c2nc(C)no2)CC1=O. The largest absolute Gasteiger partial charge is 0.495 e. The first-order valence-electron chi connectivity index (χ1n) is 9.21. The topological polar surface area (TPSA) is 97.6 Å². The highest BCUT2D eigenvalue weighted by Gasteiger charge is 2.36. The van der Waals surface area contributed by atoms with Crippen LogP contribution in [0.4, 0.5) is 11.4 Å². The standard InChI is InChI=1S/C21H20N4O4/c1-13-22-21(29-24-13)15-7-3-4-8-16(15)23-20(27)14-11-19(26)25(12-14)17-9-5-6-10-18(17)28-2/h3-10,14H,11-12H2,1-2H3,(H,23,27). The van der Waals surface area contributed by atoms with Gasteiger partial charge in [-0.05, 0) is 31.2 Å². The number of benzene rings is 2. The summed E-state index contributed by atoms with van der Waals surface area (Å²) in [7, 11) is 1.56. The van der Waals surface area contributed by atoms with Crippen molar-refractivity contribution in [1.29, 1.82) is 0 Å². The summed E-state index contributed by atoms with van der Waals surface area (Å²) in [5.74, 6) is 0.602. The molecule has 148 valence electrons. The summed E-state index contributed by atoms with van der Waals surface area (Å²) in [6, 6.07) is 14.5. The maximum atomic E-state index is 12.9. The first-order chi connectivity index (χ1) is 14.1. The molecule has 1 saturated heterocycles. The van der Waals surface area contributed by atoms with Gasteiger partial charge in [-0.15, -0.1) is 0 Å². The van der Waals surface area contributed by atoms with Gasteiger partial charge in [0.05, 0.1) is 30.0 Å². The van der Waals surface area contributed by atoms with Crippen LogP contribution in [0.5, 0.6) is 5.75 Å². The number of hydrogen-bond donors (Lipinski definition) is 1. The molecule has 0 aliphatic carbocycles. The number of para-hydroxylation sites is 3. The van der Waals surface area contributed by atoms with E-state index in [0.717, 1.165) is 0 Å². The Hall–Kier alpha value is -3.68. The van der Waals surface area contributed by atoms with Gasteiger partial charge in [0, 0.05) is 13.0 Å². The van der Waals surface area contributed by atoms with Crippen molar-refractivity contribution in [2.24, 2.45) is 5.92 Å². The number of aryl methyl sites for hydroxylation is 1. The number of amides is 2. The summed E-state index contributed by atoms with van der Waals surface area (Å²) in [4.78, 5) is 31.3. The molecule has 1 aromatic heterocycles. The van der Waals surface area contributed by atoms with E-state index in [4.69, 9.17) is 9.26 Å². The molecule has 1 unspecified atom stereocenters. The van der Waals surface area contributed by atoms with Crippen LogP contribution >= 0.6 is 0 Å². The van der Waals surface area contributed by atoms with Crippen LogP contribution in [0.3, 0.4) is 0 Å². The van der Waals surface area contributed by atoms with Gasteiger partial charge in [-0.25, -0.2) is 0 Å². The van der Waals surface area contributed by atoms with Gasteiger partial charge in [0.25, 0.3) is 5.89 Å². The van der Waals surface area contributed by atoms with Crippen LogP contribution in [0, 0.1) is 12.8 Å². The monoisotopic (exact) mass is 392 g/mol. The first kappa shape index (κ1) is 18.7. The molecule has 0 saturated carbocycles. The molecule has 8 heteroatoms. The van der Waals surface area contributed by atoms with Gasteiger partial charge in [0.2, 0.25) is 11.8 Å². The molecule has 1 fully saturated rings. The van der Waals surface area contributed by atoms with Gasteiger partial charge in [-0.1, -0.05) is 29.4 Å². The fraction of sp³-hybridized carbons (Fsp3) is 0.238. The van der Waals surface area contributed by atoms with Crippen LogP contribution in [0.2, 0.25) is 0 Å². The lowest BCUT2D eigenvalue weighted by Gasteiger charge is -2.19. The minimum absolute atomic E-state index is 0.115. The molecule has 1 N–H and O–H groups in total. The molecule has 2 aromatic carbocycles. The molecule has 2 heterocycles. The van der Waals surface area contributed by atoms with Crippen molar-refractivity contribution in [3.63, 3.8) is 0 Å². The zero-order chi connectivity index (χ0) is 20.4. The number of methoxy groups -OCH3 is 1. The molecule has 0 radical (unpaired) electrons. The highest BCUT2D eigenvalue weighted by molar-refractivity contribution is 6.05. The third-order valence-electron chi connectivity index (χ3n) is 4.81. The Morgan fingerprint density at radius 1 is 1.21 bits per heavy atom. The van der Waals surface area contributed by atoms with Crippen LogP contribution in [0.1, 0.15) is 12.2 Å². The number of nitrogens with zero attached hydrogens (tertiary/aromatic N) is 3. The predicted molar refractivity (Wildman–Crippen MR) is 107 cm³/mol. The lowest BCUT2D eigenvalue weighted by Crippen LogP contribution is -2.28. The number of anilines is 2. The lowest BCUT2D eigenvalue weighted by molar-refractivity contribution is -0.122. The molecule has 8 nitrogen and oxygen atoms in total. The maximum Gasteiger partial charge on any atom is 0.260 e. The van der Waals surface area contributed by atoms with Crippen LogP contribution in [-0.2, 0) is 9.59 Å². The van der Waals surface area contributed by atoms with E-state index in [1.54, 1.807) is 37.1 Å². The van der Waals surface area contributed by atoms with Crippen molar-refractivity contribution >= 4 is 23.2 Å². The predicted octanol–water partition coefficient (Wildman–Crippen LogP) is 3.05. The summed E-state index contributed by atoms with van der Waals surface area (Å²) in [5, 5.41) is 6.70. The minimum atomic E-state index is -0.482. The third-order valence-corrected chi connectivity index (χ3v) is 4.81. The second-order valence-electron chi connectivity index (χ2n) is 6.76. The van der Waals surface area contributed by atoms with E-state index in [1.165, 1.54) is 0 Å². The van der Waals surface area contributed by atoms with E-state index in [9.17, 15) is 9.59 Å². The lowest BCUT2D eigenvalue weighted by atomic mass is 10.1. The van der Waals surface area contributed by atoms with Crippen molar-refractivity contribution in [3.05, 3.63) is 54.4 Å². The van der Waals surface area contributed by atoms with Gasteiger partial charge >= 0.3 is 0 Å². The van der Waals surface area contributed by atoms with Gasteiger partial charge in [0.15, 0.2) is 5.82 Å². The molecule has 0 bridgehead atoms. The number of ether oxygens (including phenoxy) is 1. The normalized spacial score (nSPS) is 16.1. The zero-order valence-electron chi connectivity index (χ0n) is 16.1. The average molecular weight is 392 g/mol. The van der Waals surface area contributed by atoms with Crippen molar-refractivity contribution < 1.29 is 18.8 Å². The highest BCUT2D eigenvalue weighted by Crippen LogP contribution is 2.33. The van der Waals surface area contributed by atoms with Gasteiger partial charge in [0.1, 0.15) is 5.75 Å². The van der Waals surface area contributed by atoms with Crippen LogP contribution in [0.15, 0.2) is 53.1 Å². The van der Waals surface area contributed by atoms with Crippen LogP contribution in [0.25, 0.3) is 11.5 Å². The Kier molecular flexibility index (Phi) is 4.99. The van der Waals surface area contributed by atoms with Crippen LogP contribution < -0.4 is 15.0 Å². The second kappa shape index (κ2) is 7.75. The molecule has 3 aromatic rings. The van der Waals surface area contributed by atoms with E-state index in [1.807, 2.05) is 30.3 Å². The zero-order valence-corrected chi connectivity index (χ0v) is 16.1. The molecular formula is C21H20N4O4. The fourth-order valence-corrected chi connectivity index (χ4v) is 3.39. The maximum absolute atomic E-state index is 12.9. The van der Waals surface area contributed by atoms with E-state index in [-0.39, 0.29) is 24.8 Å². The third kappa shape index (κ3) is 3.69. The van der Waals surface area contributed by atoms with E-state index in [0.29, 0.717) is 34.4 Å². The molecule has 0 spiro atoms. The molecular weight excluding hydrogens is 372 g/mol. The van der Waals surface area contributed by atoms with Gasteiger partial charge < -0.3 is 19.5 Å². The van der Waals surface area contributed by atoms with Crippen molar-refractivity contribution in [2.45, 2.75) is 13.3 Å². The summed E-state index contributed by atoms with van der Waals surface area (Å²) >= 11 is 0. The van der Waals surface area contributed by atoms with E-state index in [2.05, 4.69) is 15.5 Å². The van der Waals surface area contributed by atoms with Gasteiger partial charge in [-0.3, -0.25) is 9.59 Å². The number of carbonyl (C=O) groups is 2. The number of nitrogens with one attached hydrogen (secondary N) is 1. The van der Waals surface area contributed by atoms with Crippen LogP contribution in [-0.4, -0.2) is 35.6 Å². The Labute approximate surface area is 167 Å². The summed E-state index contributed by atoms with van der Waals surface area (Å²) in [6.45, 7) is 2.01. The number of rotatable bonds is 5. The number of hydrogen-bond acceptors (Lipinski definition) is 6. The van der Waals surface area contributed by atoms with Crippen molar-refractivity contribution in [3.8, 4) is 17.2 Å². The minimum Gasteiger partial charge on any atom is -0.495 e. The Balaban J connectivity index is 1.53. The summed E-state index contributed by atoms with van der Waals surface area (Å²) in [5.41, 5.74) is 1.86. The van der Waals surface area contributed by atoms with E-state index < -0.39 is 5.92 Å². The highest BCUT2D eigenvalue weighted by atomic mass is 16.5. The first-order valence-corrected chi connectivity index (χ1v) is 9.21. The smallest absolute Gasteiger partial charge is 0.260 e. The molecule has 2 amide bonds. The van der Waals surface area contributed by atoms with E-state index >= 15 is 0 Å². The Morgan fingerprint density at radius 3 is 2.72 bits per heavy atom. The number of aromatic nitrogens is 2. The molecule has 1 atom stereocenters. The Morgan fingerprint density at radius 2 is 1.97 bits per heavy atom. The van der Waals surface area contributed by atoms with Crippen molar-refractivity contribution in [1.82, 2.24) is 10.1 Å².